The van der Waals surface area contributed by atoms with E-state index in [9.17, 15) is 13.2 Å². The van der Waals surface area contributed by atoms with Gasteiger partial charge in [-0.25, -0.2) is 23.5 Å². The van der Waals surface area contributed by atoms with Crippen molar-refractivity contribution < 1.29 is 13.2 Å². The number of primary sulfonamides is 1. The summed E-state index contributed by atoms with van der Waals surface area (Å²) in [4.78, 5) is 21.3. The average molecular weight is 340 g/mol. The van der Waals surface area contributed by atoms with Gasteiger partial charge in [-0.3, -0.25) is 4.79 Å². The van der Waals surface area contributed by atoms with Crippen LogP contribution in [0.3, 0.4) is 0 Å². The molecule has 0 saturated heterocycles. The zero-order valence-corrected chi connectivity index (χ0v) is 14.0. The first-order valence-corrected chi connectivity index (χ1v) is 8.70. The molecule has 0 atom stereocenters. The van der Waals surface area contributed by atoms with Gasteiger partial charge >= 0.3 is 0 Å². The molecule has 0 aliphatic carbocycles. The summed E-state index contributed by atoms with van der Waals surface area (Å²) in [5, 5.41) is 8.32. The van der Waals surface area contributed by atoms with Gasteiger partial charge in [0.15, 0.2) is 5.03 Å². The monoisotopic (exact) mass is 340 g/mol. The van der Waals surface area contributed by atoms with Crippen LogP contribution in [0.2, 0.25) is 0 Å². The average Bonchev–Trinajstić information content (AvgIpc) is 2.85. The molecule has 0 aliphatic heterocycles. The number of sulfonamides is 1. The number of nitrogens with two attached hydrogens (primary N) is 1. The second kappa shape index (κ2) is 5.75. The lowest BCUT2D eigenvalue weighted by molar-refractivity contribution is 0.0911. The van der Waals surface area contributed by atoms with Gasteiger partial charge in [-0.05, 0) is 32.9 Å². The van der Waals surface area contributed by atoms with Crippen molar-refractivity contribution in [3.63, 3.8) is 0 Å². The largest absolute Gasteiger partial charge is 0.341 e. The van der Waals surface area contributed by atoms with E-state index in [1.54, 1.807) is 6.20 Å². The highest BCUT2D eigenvalue weighted by Crippen LogP contribution is 2.25. The molecule has 0 aromatic carbocycles. The lowest BCUT2D eigenvalue weighted by Crippen LogP contribution is -2.41. The van der Waals surface area contributed by atoms with Gasteiger partial charge in [-0.15, -0.1) is 11.3 Å². The number of aromatic nitrogens is 2. The number of rotatable bonds is 4. The van der Waals surface area contributed by atoms with E-state index >= 15 is 0 Å². The van der Waals surface area contributed by atoms with E-state index in [1.165, 1.54) is 29.7 Å². The lowest BCUT2D eigenvalue weighted by atomic mass is 10.1. The van der Waals surface area contributed by atoms with Gasteiger partial charge in [-0.2, -0.15) is 0 Å². The minimum absolute atomic E-state index is 0.244. The first-order valence-electron chi connectivity index (χ1n) is 6.34. The third-order valence-corrected chi connectivity index (χ3v) is 4.93. The highest BCUT2D eigenvalue weighted by atomic mass is 32.2. The van der Waals surface area contributed by atoms with Crippen LogP contribution < -0.4 is 10.5 Å². The molecule has 118 valence electrons. The highest BCUT2D eigenvalue weighted by Gasteiger charge is 2.26. The Bertz CT molecular complexity index is 795. The van der Waals surface area contributed by atoms with E-state index < -0.39 is 15.6 Å². The summed E-state index contributed by atoms with van der Waals surface area (Å²) in [5.41, 5.74) is -0.400. The molecule has 1 amide bonds. The van der Waals surface area contributed by atoms with Crippen LogP contribution >= 0.6 is 11.3 Å². The third kappa shape index (κ3) is 3.67. The Morgan fingerprint density at radius 3 is 2.41 bits per heavy atom. The predicted octanol–water partition coefficient (Wildman–Crippen LogP) is 1.16. The minimum atomic E-state index is -3.87. The molecule has 2 rings (SSSR count). The number of nitrogens with one attached hydrogen (secondary N) is 1. The molecule has 7 nitrogen and oxygen atoms in total. The molecule has 0 radical (unpaired) electrons. The molecule has 0 spiro atoms. The van der Waals surface area contributed by atoms with Crippen molar-refractivity contribution in [2.24, 2.45) is 5.14 Å². The molecule has 9 heteroatoms. The predicted molar refractivity (Wildman–Crippen MR) is 83.0 cm³/mol. The number of aryl methyl sites for hydroxylation is 1. The fourth-order valence-corrected chi connectivity index (χ4v) is 3.02. The highest BCUT2D eigenvalue weighted by molar-refractivity contribution is 7.89. The summed E-state index contributed by atoms with van der Waals surface area (Å²) in [5.74, 6) is -0.369. The van der Waals surface area contributed by atoms with Crippen molar-refractivity contribution in [2.75, 3.05) is 0 Å². The van der Waals surface area contributed by atoms with Crippen molar-refractivity contribution in [3.05, 3.63) is 40.0 Å². The Hall–Kier alpha value is -1.84. The molecule has 0 saturated carbocycles. The van der Waals surface area contributed by atoms with Gasteiger partial charge in [0.1, 0.15) is 5.01 Å². The van der Waals surface area contributed by atoms with Gasteiger partial charge in [0.05, 0.1) is 11.1 Å². The molecule has 2 aromatic heterocycles. The van der Waals surface area contributed by atoms with E-state index in [0.717, 1.165) is 9.88 Å². The van der Waals surface area contributed by atoms with Gasteiger partial charge in [0.2, 0.25) is 0 Å². The first-order chi connectivity index (χ1) is 10.1. The van der Waals surface area contributed by atoms with Crippen LogP contribution in [0.25, 0.3) is 0 Å². The Labute approximate surface area is 132 Å². The Kier molecular flexibility index (Phi) is 4.32. The zero-order valence-electron chi connectivity index (χ0n) is 12.3. The standard InChI is InChI=1S/C13H16N4O3S2/c1-8-6-16-12(21-8)13(2,3)17-11(18)9-4-5-10(15-7-9)22(14,19)20/h4-7H,1-3H3,(H,17,18)(H2,14,19,20). The van der Waals surface area contributed by atoms with Gasteiger partial charge < -0.3 is 5.32 Å². The normalized spacial score (nSPS) is 12.2. The Morgan fingerprint density at radius 2 is 1.95 bits per heavy atom. The second-order valence-corrected chi connectivity index (χ2v) is 8.03. The number of amides is 1. The first kappa shape index (κ1) is 16.5. The van der Waals surface area contributed by atoms with Crippen molar-refractivity contribution in [3.8, 4) is 0 Å². The van der Waals surface area contributed by atoms with E-state index in [0.29, 0.717) is 0 Å². The van der Waals surface area contributed by atoms with E-state index in [-0.39, 0.29) is 16.5 Å². The third-order valence-electron chi connectivity index (χ3n) is 2.87. The van der Waals surface area contributed by atoms with Crippen LogP contribution in [-0.2, 0) is 15.6 Å². The second-order valence-electron chi connectivity index (χ2n) is 5.29. The summed E-state index contributed by atoms with van der Waals surface area (Å²) in [6, 6.07) is 2.57. The summed E-state index contributed by atoms with van der Waals surface area (Å²) in [7, 11) is -3.87. The van der Waals surface area contributed by atoms with Gasteiger partial charge in [0, 0.05) is 17.3 Å². The maximum atomic E-state index is 12.2. The number of hydrogen-bond donors (Lipinski definition) is 2. The van der Waals surface area contributed by atoms with Crippen molar-refractivity contribution in [2.45, 2.75) is 31.3 Å². The molecule has 0 fully saturated rings. The SMILES string of the molecule is Cc1cnc(C(C)(C)NC(=O)c2ccc(S(N)(=O)=O)nc2)s1. The van der Waals surface area contributed by atoms with E-state index in [4.69, 9.17) is 5.14 Å². The summed E-state index contributed by atoms with van der Waals surface area (Å²) in [6.45, 7) is 5.62. The minimum Gasteiger partial charge on any atom is -0.341 e. The number of carbonyl (C=O) groups is 1. The molecule has 0 aliphatic rings. The van der Waals surface area contributed by atoms with Crippen LogP contribution in [0.15, 0.2) is 29.6 Å². The molecule has 3 N–H and O–H groups in total. The number of thiazole rings is 1. The molecule has 2 heterocycles. The molecule has 22 heavy (non-hydrogen) atoms. The fourth-order valence-electron chi connectivity index (χ4n) is 1.74. The Morgan fingerprint density at radius 1 is 1.27 bits per heavy atom. The summed E-state index contributed by atoms with van der Waals surface area (Å²) in [6.07, 6.45) is 2.93. The molecular weight excluding hydrogens is 324 g/mol. The number of nitrogens with zero attached hydrogens (tertiary/aromatic N) is 2. The maximum Gasteiger partial charge on any atom is 0.255 e. The summed E-state index contributed by atoms with van der Waals surface area (Å²) >= 11 is 1.50. The van der Waals surface area contributed by atoms with Crippen LogP contribution in [0.1, 0.15) is 34.1 Å². The van der Waals surface area contributed by atoms with Crippen molar-refractivity contribution >= 4 is 27.3 Å². The van der Waals surface area contributed by atoms with Crippen LogP contribution in [-0.4, -0.2) is 24.3 Å². The van der Waals surface area contributed by atoms with Gasteiger partial charge in [0.25, 0.3) is 15.9 Å². The van der Waals surface area contributed by atoms with Crippen LogP contribution in [0.5, 0.6) is 0 Å². The smallest absolute Gasteiger partial charge is 0.255 e. The van der Waals surface area contributed by atoms with Crippen molar-refractivity contribution in [1.29, 1.82) is 0 Å². The van der Waals surface area contributed by atoms with Gasteiger partial charge in [-0.1, -0.05) is 0 Å². The van der Waals surface area contributed by atoms with E-state index in [1.807, 2.05) is 20.8 Å². The molecule has 0 bridgehead atoms. The fraction of sp³-hybridized carbons (Fsp3) is 0.308. The molecular formula is C13H16N4O3S2. The maximum absolute atomic E-state index is 12.2. The van der Waals surface area contributed by atoms with E-state index in [2.05, 4.69) is 15.3 Å². The number of pyridine rings is 1. The van der Waals surface area contributed by atoms with Crippen molar-refractivity contribution in [1.82, 2.24) is 15.3 Å². The lowest BCUT2D eigenvalue weighted by Gasteiger charge is -2.23. The quantitative estimate of drug-likeness (QED) is 0.866. The van der Waals surface area contributed by atoms with Crippen LogP contribution in [0.4, 0.5) is 0 Å². The molecule has 2 aromatic rings. The van der Waals surface area contributed by atoms with Crippen LogP contribution in [0, 0.1) is 6.92 Å². The molecule has 0 unspecified atom stereocenters. The number of hydrogen-bond acceptors (Lipinski definition) is 6. The Balaban J connectivity index is 2.18. The zero-order chi connectivity index (χ0) is 16.5. The summed E-state index contributed by atoms with van der Waals surface area (Å²) < 4.78 is 22.3. The topological polar surface area (TPSA) is 115 Å². The number of carbonyl (C=O) groups excluding carboxylic acids is 1.